The third-order valence-corrected chi connectivity index (χ3v) is 3.56. The number of hydrogen-bond acceptors (Lipinski definition) is 1. The number of carbonyl (C=O) groups excluding carboxylic acids is 1. The molecule has 0 saturated heterocycles. The number of alkyl halides is 4. The van der Waals surface area contributed by atoms with Gasteiger partial charge in [-0.05, 0) is 12.0 Å². The van der Waals surface area contributed by atoms with E-state index in [9.17, 15) is 18.0 Å². The molecule has 0 heterocycles. The molecule has 1 unspecified atom stereocenters. The van der Waals surface area contributed by atoms with Gasteiger partial charge in [0.05, 0.1) is 4.83 Å². The maximum absolute atomic E-state index is 12.5. The lowest BCUT2D eigenvalue weighted by Gasteiger charge is -2.26. The summed E-state index contributed by atoms with van der Waals surface area (Å²) < 4.78 is 37.6. The molecule has 0 saturated carbocycles. The van der Waals surface area contributed by atoms with Gasteiger partial charge in [0.25, 0.3) is 0 Å². The summed E-state index contributed by atoms with van der Waals surface area (Å²) in [6.07, 6.45) is -3.95. The van der Waals surface area contributed by atoms with E-state index in [1.165, 1.54) is 0 Å². The number of carbonyl (C=O) groups is 1. The van der Waals surface area contributed by atoms with Gasteiger partial charge in [0, 0.05) is 6.54 Å². The summed E-state index contributed by atoms with van der Waals surface area (Å²) in [7, 11) is 0. The summed E-state index contributed by atoms with van der Waals surface area (Å²) >= 11 is 3.11. The lowest BCUT2D eigenvalue weighted by atomic mass is 10.2. The first-order valence-electron chi connectivity index (χ1n) is 5.87. The van der Waals surface area contributed by atoms with Gasteiger partial charge >= 0.3 is 6.18 Å². The SMILES string of the molecule is CCC(Br)C(=O)N(Cc1ccccc1)CC(F)(F)F. The molecular formula is C13H15BrF3NO. The van der Waals surface area contributed by atoms with Crippen LogP contribution >= 0.6 is 15.9 Å². The topological polar surface area (TPSA) is 20.3 Å². The van der Waals surface area contributed by atoms with Gasteiger partial charge in [0.1, 0.15) is 6.54 Å². The monoisotopic (exact) mass is 337 g/mol. The van der Waals surface area contributed by atoms with Crippen LogP contribution in [-0.4, -0.2) is 28.4 Å². The maximum atomic E-state index is 12.5. The minimum Gasteiger partial charge on any atom is -0.328 e. The minimum absolute atomic E-state index is 0.0404. The first kappa shape index (κ1) is 16.0. The van der Waals surface area contributed by atoms with Crippen molar-refractivity contribution in [2.45, 2.75) is 30.9 Å². The Balaban J connectivity index is 2.83. The van der Waals surface area contributed by atoms with E-state index in [1.54, 1.807) is 37.3 Å². The molecule has 1 aromatic rings. The highest BCUT2D eigenvalue weighted by Gasteiger charge is 2.34. The van der Waals surface area contributed by atoms with Crippen LogP contribution in [0.5, 0.6) is 0 Å². The van der Waals surface area contributed by atoms with Gasteiger partial charge in [-0.3, -0.25) is 4.79 Å². The fraction of sp³-hybridized carbons (Fsp3) is 0.462. The second-order valence-corrected chi connectivity index (χ2v) is 5.28. The van der Waals surface area contributed by atoms with E-state index in [-0.39, 0.29) is 6.54 Å². The Morgan fingerprint density at radius 3 is 2.37 bits per heavy atom. The number of rotatable bonds is 5. The summed E-state index contributed by atoms with van der Waals surface area (Å²) in [5, 5.41) is 0. The Morgan fingerprint density at radius 1 is 1.32 bits per heavy atom. The van der Waals surface area contributed by atoms with Crippen molar-refractivity contribution in [1.82, 2.24) is 4.90 Å². The van der Waals surface area contributed by atoms with Crippen LogP contribution in [0, 0.1) is 0 Å². The molecule has 0 fully saturated rings. The molecule has 19 heavy (non-hydrogen) atoms. The van der Waals surface area contributed by atoms with Crippen molar-refractivity contribution in [2.75, 3.05) is 6.54 Å². The average Bonchev–Trinajstić information content (AvgIpc) is 2.36. The van der Waals surface area contributed by atoms with Gasteiger partial charge in [-0.25, -0.2) is 0 Å². The molecule has 0 N–H and O–H groups in total. The number of nitrogens with zero attached hydrogens (tertiary/aromatic N) is 1. The molecule has 0 aromatic heterocycles. The van der Waals surface area contributed by atoms with Crippen LogP contribution in [0.1, 0.15) is 18.9 Å². The highest BCUT2D eigenvalue weighted by Crippen LogP contribution is 2.20. The summed E-state index contributed by atoms with van der Waals surface area (Å²) in [5.41, 5.74) is 0.677. The average molecular weight is 338 g/mol. The fourth-order valence-corrected chi connectivity index (χ4v) is 1.89. The predicted octanol–water partition coefficient (Wildman–Crippen LogP) is 3.75. The Labute approximate surface area is 118 Å². The fourth-order valence-electron chi connectivity index (χ4n) is 1.60. The maximum Gasteiger partial charge on any atom is 0.406 e. The van der Waals surface area contributed by atoms with Gasteiger partial charge in [0.15, 0.2) is 0 Å². The molecule has 1 amide bonds. The second-order valence-electron chi connectivity index (χ2n) is 4.17. The van der Waals surface area contributed by atoms with Crippen molar-refractivity contribution in [3.05, 3.63) is 35.9 Å². The zero-order valence-electron chi connectivity index (χ0n) is 10.5. The predicted molar refractivity (Wildman–Crippen MR) is 70.9 cm³/mol. The van der Waals surface area contributed by atoms with Crippen molar-refractivity contribution in [1.29, 1.82) is 0 Å². The van der Waals surface area contributed by atoms with Gasteiger partial charge in [-0.15, -0.1) is 0 Å². The quantitative estimate of drug-likeness (QED) is 0.749. The highest BCUT2D eigenvalue weighted by molar-refractivity contribution is 9.10. The molecule has 6 heteroatoms. The summed E-state index contributed by atoms with van der Waals surface area (Å²) in [5.74, 6) is -0.538. The molecule has 0 bridgehead atoms. The van der Waals surface area contributed by atoms with Crippen LogP contribution in [0.25, 0.3) is 0 Å². The molecular weight excluding hydrogens is 323 g/mol. The first-order valence-corrected chi connectivity index (χ1v) is 6.78. The van der Waals surface area contributed by atoms with Gasteiger partial charge < -0.3 is 4.90 Å². The molecule has 106 valence electrons. The number of benzene rings is 1. The summed E-state index contributed by atoms with van der Waals surface area (Å²) in [6.45, 7) is 0.468. The van der Waals surface area contributed by atoms with Crippen LogP contribution in [0.4, 0.5) is 13.2 Å². The van der Waals surface area contributed by atoms with Crippen molar-refractivity contribution in [2.24, 2.45) is 0 Å². The smallest absolute Gasteiger partial charge is 0.328 e. The number of amides is 1. The third kappa shape index (κ3) is 5.63. The van der Waals surface area contributed by atoms with E-state index in [0.717, 1.165) is 4.90 Å². The number of hydrogen-bond donors (Lipinski definition) is 0. The van der Waals surface area contributed by atoms with E-state index < -0.39 is 23.5 Å². The third-order valence-electron chi connectivity index (χ3n) is 2.52. The van der Waals surface area contributed by atoms with Crippen LogP contribution in [0.15, 0.2) is 30.3 Å². The largest absolute Gasteiger partial charge is 0.406 e. The van der Waals surface area contributed by atoms with Crippen LogP contribution in [-0.2, 0) is 11.3 Å². The van der Waals surface area contributed by atoms with Gasteiger partial charge in [-0.2, -0.15) is 13.2 Å². The Hall–Kier alpha value is -1.04. The van der Waals surface area contributed by atoms with Crippen LogP contribution in [0.2, 0.25) is 0 Å². The lowest BCUT2D eigenvalue weighted by molar-refractivity contribution is -0.162. The van der Waals surface area contributed by atoms with E-state index in [1.807, 2.05) is 0 Å². The molecule has 0 spiro atoms. The van der Waals surface area contributed by atoms with Crippen LogP contribution in [0.3, 0.4) is 0 Å². The van der Waals surface area contributed by atoms with Crippen molar-refractivity contribution < 1.29 is 18.0 Å². The Morgan fingerprint density at radius 2 is 1.89 bits per heavy atom. The number of halogens is 4. The molecule has 0 aliphatic carbocycles. The highest BCUT2D eigenvalue weighted by atomic mass is 79.9. The Kier molecular flexibility index (Phi) is 5.85. The second kappa shape index (κ2) is 6.93. The molecule has 1 aromatic carbocycles. The van der Waals surface area contributed by atoms with Crippen molar-refractivity contribution in [3.63, 3.8) is 0 Å². The molecule has 0 aliphatic rings. The van der Waals surface area contributed by atoms with E-state index in [0.29, 0.717) is 12.0 Å². The minimum atomic E-state index is -4.40. The van der Waals surface area contributed by atoms with E-state index >= 15 is 0 Å². The van der Waals surface area contributed by atoms with Crippen molar-refractivity contribution >= 4 is 21.8 Å². The zero-order valence-corrected chi connectivity index (χ0v) is 12.0. The van der Waals surface area contributed by atoms with E-state index in [2.05, 4.69) is 15.9 Å². The first-order chi connectivity index (χ1) is 8.83. The zero-order chi connectivity index (χ0) is 14.5. The van der Waals surface area contributed by atoms with Crippen LogP contribution < -0.4 is 0 Å². The molecule has 0 radical (unpaired) electrons. The normalized spacial score (nSPS) is 13.1. The standard InChI is InChI=1S/C13H15BrF3NO/c1-2-11(14)12(19)18(9-13(15,16)17)8-10-6-4-3-5-7-10/h3-7,11H,2,8-9H2,1H3. The van der Waals surface area contributed by atoms with E-state index in [4.69, 9.17) is 0 Å². The van der Waals surface area contributed by atoms with Crippen molar-refractivity contribution in [3.8, 4) is 0 Å². The molecule has 0 aliphatic heterocycles. The van der Waals surface area contributed by atoms with Gasteiger partial charge in [-0.1, -0.05) is 53.2 Å². The molecule has 2 nitrogen and oxygen atoms in total. The van der Waals surface area contributed by atoms with Gasteiger partial charge in [0.2, 0.25) is 5.91 Å². The lowest BCUT2D eigenvalue weighted by Crippen LogP contribution is -2.42. The Bertz CT molecular complexity index is 408. The summed E-state index contributed by atoms with van der Waals surface area (Å²) in [4.78, 5) is 12.2. The molecule has 1 atom stereocenters. The summed E-state index contributed by atoms with van der Waals surface area (Å²) in [6, 6.07) is 8.64. The molecule has 1 rings (SSSR count).